The summed E-state index contributed by atoms with van der Waals surface area (Å²) in [6.45, 7) is 0. The molecule has 0 bridgehead atoms. The maximum atomic E-state index is 4.20. The van der Waals surface area contributed by atoms with Crippen molar-refractivity contribution in [1.29, 1.82) is 0 Å². The molecular formula is C11H13N5. The van der Waals surface area contributed by atoms with Gasteiger partial charge in [0.25, 0.3) is 0 Å². The summed E-state index contributed by atoms with van der Waals surface area (Å²) in [4.78, 5) is 0. The Bertz CT molecular complexity index is 483. The molecule has 5 nitrogen and oxygen atoms in total. The van der Waals surface area contributed by atoms with Gasteiger partial charge in [-0.1, -0.05) is 0 Å². The molecule has 1 aliphatic carbocycles. The lowest BCUT2D eigenvalue weighted by atomic mass is 10.3. The molecule has 2 aromatic rings. The zero-order chi connectivity index (χ0) is 11.0. The monoisotopic (exact) mass is 215 g/mol. The molecule has 0 aliphatic heterocycles. The van der Waals surface area contributed by atoms with Gasteiger partial charge >= 0.3 is 0 Å². The van der Waals surface area contributed by atoms with E-state index in [9.17, 15) is 0 Å². The molecule has 2 aromatic heterocycles. The summed E-state index contributed by atoms with van der Waals surface area (Å²) < 4.78 is 1.74. The van der Waals surface area contributed by atoms with Gasteiger partial charge < -0.3 is 5.32 Å². The lowest BCUT2D eigenvalue weighted by molar-refractivity contribution is 0.768. The highest BCUT2D eigenvalue weighted by molar-refractivity contribution is 5.53. The first-order chi connectivity index (χ1) is 7.81. The van der Waals surface area contributed by atoms with Crippen molar-refractivity contribution in [2.24, 2.45) is 7.05 Å². The lowest BCUT2D eigenvalue weighted by Gasteiger charge is -2.01. The Hall–Kier alpha value is -1.91. The summed E-state index contributed by atoms with van der Waals surface area (Å²) in [5.74, 6) is 1.41. The van der Waals surface area contributed by atoms with E-state index in [0.717, 1.165) is 17.2 Å². The molecule has 0 saturated heterocycles. The third-order valence-electron chi connectivity index (χ3n) is 2.66. The van der Waals surface area contributed by atoms with Crippen molar-refractivity contribution >= 4 is 11.5 Å². The highest BCUT2D eigenvalue weighted by Crippen LogP contribution is 2.38. The first kappa shape index (κ1) is 9.33. The number of nitrogens with zero attached hydrogens (tertiary/aromatic N) is 4. The quantitative estimate of drug-likeness (QED) is 0.848. The van der Waals surface area contributed by atoms with E-state index in [2.05, 4.69) is 20.6 Å². The number of hydrogen-bond donors (Lipinski definition) is 1. The van der Waals surface area contributed by atoms with Crippen molar-refractivity contribution in [1.82, 2.24) is 20.0 Å². The van der Waals surface area contributed by atoms with Gasteiger partial charge in [-0.25, -0.2) is 0 Å². The second-order valence-electron chi connectivity index (χ2n) is 4.15. The summed E-state index contributed by atoms with van der Waals surface area (Å²) in [7, 11) is 1.88. The predicted octanol–water partition coefficient (Wildman–Crippen LogP) is 1.83. The van der Waals surface area contributed by atoms with Crippen LogP contribution in [0, 0.1) is 0 Å². The zero-order valence-corrected chi connectivity index (χ0v) is 9.09. The molecule has 0 radical (unpaired) electrons. The molecule has 16 heavy (non-hydrogen) atoms. The topological polar surface area (TPSA) is 55.6 Å². The largest absolute Gasteiger partial charge is 0.336 e. The lowest BCUT2D eigenvalue weighted by Crippen LogP contribution is -1.96. The average molecular weight is 215 g/mol. The van der Waals surface area contributed by atoms with Crippen molar-refractivity contribution in [2.45, 2.75) is 18.8 Å². The fourth-order valence-corrected chi connectivity index (χ4v) is 1.64. The SMILES string of the molecule is Cn1cc(Nc2ccc(C3CC3)nn2)cn1. The van der Waals surface area contributed by atoms with Gasteiger partial charge in [-0.05, 0) is 25.0 Å². The first-order valence-electron chi connectivity index (χ1n) is 5.40. The van der Waals surface area contributed by atoms with Gasteiger partial charge in [-0.15, -0.1) is 5.10 Å². The summed E-state index contributed by atoms with van der Waals surface area (Å²) in [5.41, 5.74) is 2.03. The molecule has 1 saturated carbocycles. The van der Waals surface area contributed by atoms with E-state index in [1.54, 1.807) is 10.9 Å². The molecule has 0 spiro atoms. The van der Waals surface area contributed by atoms with E-state index in [1.165, 1.54) is 12.8 Å². The molecule has 82 valence electrons. The number of rotatable bonds is 3. The highest BCUT2D eigenvalue weighted by atomic mass is 15.3. The third kappa shape index (κ3) is 1.88. The van der Waals surface area contributed by atoms with E-state index in [1.807, 2.05) is 25.4 Å². The van der Waals surface area contributed by atoms with E-state index in [0.29, 0.717) is 5.92 Å². The second kappa shape index (κ2) is 3.59. The van der Waals surface area contributed by atoms with Crippen molar-refractivity contribution in [3.8, 4) is 0 Å². The third-order valence-corrected chi connectivity index (χ3v) is 2.66. The Morgan fingerprint density at radius 2 is 2.19 bits per heavy atom. The van der Waals surface area contributed by atoms with Crippen LogP contribution in [-0.4, -0.2) is 20.0 Å². The fourth-order valence-electron chi connectivity index (χ4n) is 1.64. The standard InChI is InChI=1S/C11H13N5/c1-16-7-9(6-12-16)13-11-5-4-10(14-15-11)8-2-3-8/h4-8H,2-3H2,1H3,(H,13,15). The van der Waals surface area contributed by atoms with Crippen molar-refractivity contribution in [3.63, 3.8) is 0 Å². The molecule has 1 fully saturated rings. The minimum Gasteiger partial charge on any atom is -0.336 e. The fraction of sp³-hybridized carbons (Fsp3) is 0.364. The Kier molecular flexibility index (Phi) is 2.09. The molecule has 1 aliphatic rings. The van der Waals surface area contributed by atoms with Crippen LogP contribution >= 0.6 is 0 Å². The zero-order valence-electron chi connectivity index (χ0n) is 9.09. The number of nitrogens with one attached hydrogen (secondary N) is 1. The van der Waals surface area contributed by atoms with Gasteiger partial charge in [0.15, 0.2) is 5.82 Å². The van der Waals surface area contributed by atoms with Crippen LogP contribution < -0.4 is 5.32 Å². The van der Waals surface area contributed by atoms with E-state index >= 15 is 0 Å². The normalized spacial score (nSPS) is 15.1. The Balaban J connectivity index is 1.74. The molecule has 1 N–H and O–H groups in total. The summed E-state index contributed by atoms with van der Waals surface area (Å²) in [6.07, 6.45) is 6.17. The Morgan fingerprint density at radius 3 is 2.75 bits per heavy atom. The molecule has 2 heterocycles. The van der Waals surface area contributed by atoms with Crippen LogP contribution in [0.2, 0.25) is 0 Å². The molecular weight excluding hydrogens is 202 g/mol. The van der Waals surface area contributed by atoms with E-state index < -0.39 is 0 Å². The predicted molar refractivity (Wildman–Crippen MR) is 60.5 cm³/mol. The number of aryl methyl sites for hydroxylation is 1. The van der Waals surface area contributed by atoms with Gasteiger partial charge in [0.05, 0.1) is 17.6 Å². The minimum absolute atomic E-state index is 0.653. The summed E-state index contributed by atoms with van der Waals surface area (Å²) >= 11 is 0. The van der Waals surface area contributed by atoms with Gasteiger partial charge in [0.2, 0.25) is 0 Å². The van der Waals surface area contributed by atoms with Crippen molar-refractivity contribution in [3.05, 3.63) is 30.2 Å². The molecule has 0 unspecified atom stereocenters. The molecule has 0 atom stereocenters. The van der Waals surface area contributed by atoms with Gasteiger partial charge in [-0.3, -0.25) is 4.68 Å². The van der Waals surface area contributed by atoms with Crippen LogP contribution in [0.4, 0.5) is 11.5 Å². The first-order valence-corrected chi connectivity index (χ1v) is 5.40. The van der Waals surface area contributed by atoms with Crippen LogP contribution in [0.25, 0.3) is 0 Å². The maximum Gasteiger partial charge on any atom is 0.153 e. The number of hydrogen-bond acceptors (Lipinski definition) is 4. The van der Waals surface area contributed by atoms with Crippen molar-refractivity contribution < 1.29 is 0 Å². The van der Waals surface area contributed by atoms with E-state index in [-0.39, 0.29) is 0 Å². The Morgan fingerprint density at radius 1 is 1.31 bits per heavy atom. The van der Waals surface area contributed by atoms with Crippen LogP contribution in [0.15, 0.2) is 24.5 Å². The van der Waals surface area contributed by atoms with Crippen LogP contribution in [0.1, 0.15) is 24.5 Å². The van der Waals surface area contributed by atoms with Gasteiger partial charge in [0.1, 0.15) is 0 Å². The van der Waals surface area contributed by atoms with Crippen LogP contribution in [-0.2, 0) is 7.05 Å². The highest BCUT2D eigenvalue weighted by Gasteiger charge is 2.25. The maximum absolute atomic E-state index is 4.20. The Labute approximate surface area is 93.5 Å². The van der Waals surface area contributed by atoms with E-state index in [4.69, 9.17) is 0 Å². The number of anilines is 2. The summed E-state index contributed by atoms with van der Waals surface area (Å²) in [6, 6.07) is 4.01. The smallest absolute Gasteiger partial charge is 0.153 e. The molecule has 0 amide bonds. The van der Waals surface area contributed by atoms with Gasteiger partial charge in [0, 0.05) is 19.2 Å². The van der Waals surface area contributed by atoms with Crippen LogP contribution in [0.5, 0.6) is 0 Å². The average Bonchev–Trinajstić information content (AvgIpc) is 3.05. The molecule has 5 heteroatoms. The van der Waals surface area contributed by atoms with Crippen molar-refractivity contribution in [2.75, 3.05) is 5.32 Å². The summed E-state index contributed by atoms with van der Waals surface area (Å²) in [5, 5.41) is 15.6. The molecule has 3 rings (SSSR count). The molecule has 0 aromatic carbocycles. The number of aromatic nitrogens is 4. The van der Waals surface area contributed by atoms with Gasteiger partial charge in [-0.2, -0.15) is 10.2 Å². The van der Waals surface area contributed by atoms with Crippen LogP contribution in [0.3, 0.4) is 0 Å². The second-order valence-corrected chi connectivity index (χ2v) is 4.15. The minimum atomic E-state index is 0.653.